The molecule has 0 bridgehead atoms. The summed E-state index contributed by atoms with van der Waals surface area (Å²) >= 11 is 0. The van der Waals surface area contributed by atoms with Gasteiger partial charge in [0.15, 0.2) is 0 Å². The molecule has 2 rings (SSSR count). The number of carbonyl (C=O) groups is 2. The third-order valence-electron chi connectivity index (χ3n) is 2.76. The van der Waals surface area contributed by atoms with Gasteiger partial charge in [0.1, 0.15) is 5.82 Å². The Balaban J connectivity index is 1.87. The molecule has 6 nitrogen and oxygen atoms in total. The molecule has 1 heterocycles. The number of nitrogens with zero attached hydrogens (tertiary/aromatic N) is 1. The minimum atomic E-state index is -0.652. The summed E-state index contributed by atoms with van der Waals surface area (Å²) in [5.41, 5.74) is 0.354. The van der Waals surface area contributed by atoms with E-state index in [4.69, 9.17) is 4.74 Å². The fourth-order valence-corrected chi connectivity index (χ4v) is 1.68. The van der Waals surface area contributed by atoms with Crippen LogP contribution in [0.5, 0.6) is 5.88 Å². The van der Waals surface area contributed by atoms with Crippen LogP contribution in [0.3, 0.4) is 0 Å². The van der Waals surface area contributed by atoms with Gasteiger partial charge in [-0.3, -0.25) is 9.59 Å². The number of methoxy groups -OCH3 is 1. The summed E-state index contributed by atoms with van der Waals surface area (Å²) in [5, 5.41) is 4.90. The van der Waals surface area contributed by atoms with Gasteiger partial charge in [0.05, 0.1) is 31.1 Å². The highest BCUT2D eigenvalue weighted by Crippen LogP contribution is 2.10. The van der Waals surface area contributed by atoms with Crippen molar-refractivity contribution in [1.29, 1.82) is 0 Å². The molecule has 7 heteroatoms. The third-order valence-corrected chi connectivity index (χ3v) is 2.76. The predicted octanol–water partition coefficient (Wildman–Crippen LogP) is 1.60. The van der Waals surface area contributed by atoms with E-state index in [0.29, 0.717) is 11.6 Å². The number of halogens is 1. The van der Waals surface area contributed by atoms with Crippen molar-refractivity contribution in [3.05, 3.63) is 54.0 Å². The molecule has 0 aliphatic carbocycles. The van der Waals surface area contributed by atoms with E-state index in [1.165, 1.54) is 31.5 Å². The van der Waals surface area contributed by atoms with Gasteiger partial charge in [-0.1, -0.05) is 12.1 Å². The van der Waals surface area contributed by atoms with Crippen molar-refractivity contribution in [2.24, 2.45) is 0 Å². The van der Waals surface area contributed by atoms with Crippen LogP contribution in [-0.2, 0) is 4.79 Å². The van der Waals surface area contributed by atoms with Gasteiger partial charge in [0, 0.05) is 6.07 Å². The number of hydrogen-bond donors (Lipinski definition) is 2. The molecule has 22 heavy (non-hydrogen) atoms. The molecule has 1 aromatic heterocycles. The molecule has 0 saturated carbocycles. The molecule has 2 N–H and O–H groups in total. The third kappa shape index (κ3) is 4.02. The molecule has 0 aliphatic rings. The average Bonchev–Trinajstić information content (AvgIpc) is 2.54. The van der Waals surface area contributed by atoms with Crippen molar-refractivity contribution in [3.63, 3.8) is 0 Å². The van der Waals surface area contributed by atoms with Crippen molar-refractivity contribution in [3.8, 4) is 5.88 Å². The first-order chi connectivity index (χ1) is 10.6. The van der Waals surface area contributed by atoms with Crippen LogP contribution in [0.25, 0.3) is 0 Å². The van der Waals surface area contributed by atoms with Crippen LogP contribution in [-0.4, -0.2) is 30.5 Å². The summed E-state index contributed by atoms with van der Waals surface area (Å²) in [5.74, 6) is -1.32. The lowest BCUT2D eigenvalue weighted by Crippen LogP contribution is -2.33. The van der Waals surface area contributed by atoms with E-state index < -0.39 is 17.6 Å². The zero-order valence-corrected chi connectivity index (χ0v) is 11.8. The van der Waals surface area contributed by atoms with Gasteiger partial charge >= 0.3 is 0 Å². The number of aromatic nitrogens is 1. The summed E-state index contributed by atoms with van der Waals surface area (Å²) in [6, 6.07) is 8.75. The summed E-state index contributed by atoms with van der Waals surface area (Å²) in [6.45, 7) is -0.279. The maximum Gasteiger partial charge on any atom is 0.254 e. The fourth-order valence-electron chi connectivity index (χ4n) is 1.68. The van der Waals surface area contributed by atoms with Gasteiger partial charge in [-0.05, 0) is 18.2 Å². The predicted molar refractivity (Wildman–Crippen MR) is 78.2 cm³/mol. The standard InChI is InChI=1S/C15H14FN3O3/c1-22-14-7-6-10(8-17-14)19-13(20)9-18-15(21)11-4-2-3-5-12(11)16/h2-8H,9H2,1H3,(H,18,21)(H,19,20). The molecule has 114 valence electrons. The normalized spacial score (nSPS) is 9.91. The summed E-state index contributed by atoms with van der Waals surface area (Å²) in [6.07, 6.45) is 1.43. The first-order valence-corrected chi connectivity index (χ1v) is 6.43. The second-order valence-electron chi connectivity index (χ2n) is 4.30. The molecule has 0 spiro atoms. The van der Waals surface area contributed by atoms with Gasteiger partial charge in [0.2, 0.25) is 11.8 Å². The SMILES string of the molecule is COc1ccc(NC(=O)CNC(=O)c2ccccc2F)cn1. The number of benzene rings is 1. The number of anilines is 1. The highest BCUT2D eigenvalue weighted by molar-refractivity contribution is 5.99. The lowest BCUT2D eigenvalue weighted by atomic mass is 10.2. The molecule has 0 unspecified atom stereocenters. The Hall–Kier alpha value is -2.96. The largest absolute Gasteiger partial charge is 0.481 e. The number of nitrogens with one attached hydrogen (secondary N) is 2. The van der Waals surface area contributed by atoms with Gasteiger partial charge in [-0.15, -0.1) is 0 Å². The van der Waals surface area contributed by atoms with Crippen LogP contribution in [0, 0.1) is 5.82 Å². The van der Waals surface area contributed by atoms with E-state index in [-0.39, 0.29) is 12.1 Å². The summed E-state index contributed by atoms with van der Waals surface area (Å²) in [7, 11) is 1.48. The van der Waals surface area contributed by atoms with E-state index in [2.05, 4.69) is 15.6 Å². The van der Waals surface area contributed by atoms with Crippen LogP contribution < -0.4 is 15.4 Å². The highest BCUT2D eigenvalue weighted by atomic mass is 19.1. The molecule has 0 aliphatic heterocycles. The smallest absolute Gasteiger partial charge is 0.254 e. The Morgan fingerprint density at radius 1 is 1.23 bits per heavy atom. The maximum absolute atomic E-state index is 13.4. The average molecular weight is 303 g/mol. The molecular weight excluding hydrogens is 289 g/mol. The monoisotopic (exact) mass is 303 g/mol. The topological polar surface area (TPSA) is 80.3 Å². The van der Waals surface area contributed by atoms with Crippen molar-refractivity contribution >= 4 is 17.5 Å². The Bertz CT molecular complexity index is 674. The van der Waals surface area contributed by atoms with Crippen molar-refractivity contribution < 1.29 is 18.7 Å². The van der Waals surface area contributed by atoms with Crippen LogP contribution in [0.4, 0.5) is 10.1 Å². The van der Waals surface area contributed by atoms with Crippen molar-refractivity contribution in [1.82, 2.24) is 10.3 Å². The molecule has 0 saturated heterocycles. The first kappa shape index (κ1) is 15.4. The fraction of sp³-hybridized carbons (Fsp3) is 0.133. The van der Waals surface area contributed by atoms with Crippen molar-refractivity contribution in [2.75, 3.05) is 19.0 Å². The Morgan fingerprint density at radius 3 is 2.64 bits per heavy atom. The summed E-state index contributed by atoms with van der Waals surface area (Å²) < 4.78 is 18.3. The van der Waals surface area contributed by atoms with Crippen LogP contribution in [0.1, 0.15) is 10.4 Å². The molecule has 1 aromatic carbocycles. The Morgan fingerprint density at radius 2 is 2.00 bits per heavy atom. The molecule has 0 fully saturated rings. The van der Waals surface area contributed by atoms with Crippen molar-refractivity contribution in [2.45, 2.75) is 0 Å². The van der Waals surface area contributed by atoms with Gasteiger partial charge in [-0.2, -0.15) is 0 Å². The highest BCUT2D eigenvalue weighted by Gasteiger charge is 2.12. The maximum atomic E-state index is 13.4. The molecule has 0 atom stereocenters. The number of carbonyl (C=O) groups excluding carboxylic acids is 2. The summed E-state index contributed by atoms with van der Waals surface area (Å²) in [4.78, 5) is 27.4. The Kier molecular flexibility index (Phi) is 5.02. The number of pyridine rings is 1. The van der Waals surface area contributed by atoms with E-state index in [1.54, 1.807) is 18.2 Å². The zero-order chi connectivity index (χ0) is 15.9. The van der Waals surface area contributed by atoms with Gasteiger partial charge in [0.25, 0.3) is 5.91 Å². The zero-order valence-electron chi connectivity index (χ0n) is 11.8. The molecule has 2 aromatic rings. The van der Waals surface area contributed by atoms with Crippen LogP contribution in [0.15, 0.2) is 42.6 Å². The number of ether oxygens (including phenoxy) is 1. The van der Waals surface area contributed by atoms with Crippen LogP contribution in [0.2, 0.25) is 0 Å². The lowest BCUT2D eigenvalue weighted by molar-refractivity contribution is -0.115. The van der Waals surface area contributed by atoms with E-state index >= 15 is 0 Å². The second kappa shape index (κ2) is 7.16. The molecular formula is C15H14FN3O3. The first-order valence-electron chi connectivity index (χ1n) is 6.43. The molecule has 0 radical (unpaired) electrons. The number of amides is 2. The number of rotatable bonds is 5. The minimum Gasteiger partial charge on any atom is -0.481 e. The van der Waals surface area contributed by atoms with Crippen LogP contribution >= 0.6 is 0 Å². The van der Waals surface area contributed by atoms with E-state index in [9.17, 15) is 14.0 Å². The molecule has 2 amide bonds. The van der Waals surface area contributed by atoms with Gasteiger partial charge < -0.3 is 15.4 Å². The van der Waals surface area contributed by atoms with Gasteiger partial charge in [-0.25, -0.2) is 9.37 Å². The number of hydrogen-bond acceptors (Lipinski definition) is 4. The van der Waals surface area contributed by atoms with E-state index in [0.717, 1.165) is 0 Å². The quantitative estimate of drug-likeness (QED) is 0.879. The van der Waals surface area contributed by atoms with E-state index in [1.807, 2.05) is 0 Å². The lowest BCUT2D eigenvalue weighted by Gasteiger charge is -2.07. The minimum absolute atomic E-state index is 0.110. The Labute approximate surface area is 126 Å². The second-order valence-corrected chi connectivity index (χ2v) is 4.30.